The minimum Gasteiger partial charge on any atom is -0.489 e. The van der Waals surface area contributed by atoms with Crippen molar-refractivity contribution in [3.05, 3.63) is 48.2 Å². The summed E-state index contributed by atoms with van der Waals surface area (Å²) in [6.45, 7) is 2.51. The molecule has 1 aliphatic rings. The Morgan fingerprint density at radius 2 is 2.10 bits per heavy atom. The molecule has 0 spiro atoms. The summed E-state index contributed by atoms with van der Waals surface area (Å²) < 4.78 is 11.4. The number of anilines is 2. The topological polar surface area (TPSA) is 113 Å². The highest BCUT2D eigenvalue weighted by atomic mass is 16.5. The van der Waals surface area contributed by atoms with Gasteiger partial charge >= 0.3 is 0 Å². The van der Waals surface area contributed by atoms with Gasteiger partial charge in [-0.1, -0.05) is 12.1 Å². The van der Waals surface area contributed by atoms with Crippen LogP contribution in [0.1, 0.15) is 17.3 Å². The zero-order chi connectivity index (χ0) is 21.3. The van der Waals surface area contributed by atoms with Crippen LogP contribution in [-0.2, 0) is 9.53 Å². The number of nitrogens with one attached hydrogen (secondary N) is 2. The average molecular weight is 414 g/mol. The molecular formula is C21H26N4O5. The summed E-state index contributed by atoms with van der Waals surface area (Å²) in [7, 11) is 0. The molecule has 9 nitrogen and oxygen atoms in total. The van der Waals surface area contributed by atoms with Crippen LogP contribution in [0, 0.1) is 0 Å². The predicted molar refractivity (Wildman–Crippen MR) is 111 cm³/mol. The molecule has 3 rings (SSSR count). The third kappa shape index (κ3) is 5.68. The molecule has 2 amide bonds. The number of ether oxygens (including phenoxy) is 2. The Morgan fingerprint density at radius 1 is 1.27 bits per heavy atom. The van der Waals surface area contributed by atoms with Gasteiger partial charge in [0.1, 0.15) is 18.2 Å². The number of carbonyl (C=O) groups is 2. The first-order chi connectivity index (χ1) is 14.6. The quantitative estimate of drug-likeness (QED) is 0.688. The maximum Gasteiger partial charge on any atom is 0.258 e. The zero-order valence-corrected chi connectivity index (χ0v) is 16.8. The van der Waals surface area contributed by atoms with Gasteiger partial charge in [0.2, 0.25) is 5.91 Å². The van der Waals surface area contributed by atoms with Crippen LogP contribution in [0.15, 0.2) is 42.6 Å². The average Bonchev–Trinajstić information content (AvgIpc) is 2.76. The number of aliphatic hydroxyl groups is 1. The lowest BCUT2D eigenvalue weighted by Gasteiger charge is -2.24. The first-order valence-electron chi connectivity index (χ1n) is 9.79. The summed E-state index contributed by atoms with van der Waals surface area (Å²) in [4.78, 5) is 31.3. The Labute approximate surface area is 175 Å². The maximum atomic E-state index is 13.3. The van der Waals surface area contributed by atoms with Crippen LogP contribution in [0.25, 0.3) is 0 Å². The van der Waals surface area contributed by atoms with Crippen LogP contribution < -0.4 is 15.4 Å². The molecule has 160 valence electrons. The van der Waals surface area contributed by atoms with Crippen LogP contribution in [-0.4, -0.2) is 72.4 Å². The van der Waals surface area contributed by atoms with Crippen molar-refractivity contribution in [3.63, 3.8) is 0 Å². The van der Waals surface area contributed by atoms with Crippen LogP contribution in [0.3, 0.4) is 0 Å². The lowest BCUT2D eigenvalue weighted by Crippen LogP contribution is -2.45. The van der Waals surface area contributed by atoms with Crippen molar-refractivity contribution in [1.29, 1.82) is 0 Å². The Balaban J connectivity index is 1.89. The molecule has 1 atom stereocenters. The van der Waals surface area contributed by atoms with E-state index in [4.69, 9.17) is 14.6 Å². The SMILES string of the molecule is C[C@@H](CO)NC(=O)CN1CCOCCOc2ccccc2Nc2ncccc2C1=O. The third-order valence-corrected chi connectivity index (χ3v) is 4.47. The minimum atomic E-state index is -0.399. The third-order valence-electron chi connectivity index (χ3n) is 4.47. The Bertz CT molecular complexity index is 876. The number of hydrogen-bond donors (Lipinski definition) is 3. The van der Waals surface area contributed by atoms with E-state index >= 15 is 0 Å². The minimum absolute atomic E-state index is 0.159. The van der Waals surface area contributed by atoms with Crippen molar-refractivity contribution in [3.8, 4) is 5.75 Å². The molecule has 1 aliphatic heterocycles. The molecule has 9 heteroatoms. The molecule has 1 aromatic heterocycles. The fraction of sp³-hybridized carbons (Fsp3) is 0.381. The Kier molecular flexibility index (Phi) is 7.58. The van der Waals surface area contributed by atoms with Crippen LogP contribution in [0.4, 0.5) is 11.5 Å². The first-order valence-corrected chi connectivity index (χ1v) is 9.79. The second-order valence-electron chi connectivity index (χ2n) is 6.86. The van der Waals surface area contributed by atoms with Crippen LogP contribution >= 0.6 is 0 Å². The summed E-state index contributed by atoms with van der Waals surface area (Å²) >= 11 is 0. The number of para-hydroxylation sites is 2. The molecule has 0 saturated carbocycles. The molecule has 0 saturated heterocycles. The smallest absolute Gasteiger partial charge is 0.258 e. The van der Waals surface area contributed by atoms with Gasteiger partial charge in [-0.15, -0.1) is 0 Å². The molecule has 3 N–H and O–H groups in total. The van der Waals surface area contributed by atoms with Gasteiger partial charge in [-0.2, -0.15) is 0 Å². The molecule has 0 bridgehead atoms. The van der Waals surface area contributed by atoms with E-state index in [0.29, 0.717) is 36.0 Å². The molecule has 30 heavy (non-hydrogen) atoms. The number of amides is 2. The summed E-state index contributed by atoms with van der Waals surface area (Å²) in [5.41, 5.74) is 1.00. The number of fused-ring (bicyclic) bond motifs is 2. The number of benzene rings is 1. The standard InChI is InChI=1S/C21H26N4O5/c1-15(14-26)23-19(27)13-25-9-10-29-11-12-30-18-7-3-2-6-17(18)24-20-16(21(25)28)5-4-8-22-20/h2-8,15,26H,9-14H2,1H3,(H,22,24)(H,23,27)/t15-/m0/s1. The fourth-order valence-electron chi connectivity index (χ4n) is 2.95. The number of rotatable bonds is 4. The fourth-order valence-corrected chi connectivity index (χ4v) is 2.95. The number of carbonyl (C=O) groups excluding carboxylic acids is 2. The lowest BCUT2D eigenvalue weighted by molar-refractivity contribution is -0.122. The van der Waals surface area contributed by atoms with Crippen molar-refractivity contribution in [2.45, 2.75) is 13.0 Å². The molecule has 1 aromatic carbocycles. The normalized spacial score (nSPS) is 15.8. The molecule has 0 aliphatic carbocycles. The van der Waals surface area contributed by atoms with Gasteiger partial charge in [-0.3, -0.25) is 9.59 Å². The van der Waals surface area contributed by atoms with Crippen molar-refractivity contribution in [2.75, 3.05) is 44.8 Å². The summed E-state index contributed by atoms with van der Waals surface area (Å²) in [5, 5.41) is 15.0. The number of aromatic nitrogens is 1. The molecular weight excluding hydrogens is 388 g/mol. The summed E-state index contributed by atoms with van der Waals surface area (Å²) in [6, 6.07) is 10.3. The van der Waals surface area contributed by atoms with Gasteiger partial charge in [0.15, 0.2) is 0 Å². The Morgan fingerprint density at radius 3 is 2.93 bits per heavy atom. The second-order valence-corrected chi connectivity index (χ2v) is 6.86. The van der Waals surface area contributed by atoms with Crippen molar-refractivity contribution in [1.82, 2.24) is 15.2 Å². The van der Waals surface area contributed by atoms with E-state index in [0.717, 1.165) is 0 Å². The highest BCUT2D eigenvalue weighted by Gasteiger charge is 2.23. The van der Waals surface area contributed by atoms with E-state index in [1.165, 1.54) is 4.90 Å². The largest absolute Gasteiger partial charge is 0.489 e. The highest BCUT2D eigenvalue weighted by molar-refractivity contribution is 6.01. The van der Waals surface area contributed by atoms with E-state index in [9.17, 15) is 9.59 Å². The summed E-state index contributed by atoms with van der Waals surface area (Å²) in [5.74, 6) is 0.284. The van der Waals surface area contributed by atoms with Gasteiger partial charge in [-0.25, -0.2) is 4.98 Å². The number of aliphatic hydroxyl groups excluding tert-OH is 1. The molecule has 0 fully saturated rings. The van der Waals surface area contributed by atoms with Gasteiger partial charge < -0.3 is 30.1 Å². The Hall–Kier alpha value is -3.17. The molecule has 2 aromatic rings. The van der Waals surface area contributed by atoms with E-state index in [-0.39, 0.29) is 38.1 Å². The van der Waals surface area contributed by atoms with Gasteiger partial charge in [0, 0.05) is 18.8 Å². The van der Waals surface area contributed by atoms with E-state index in [2.05, 4.69) is 15.6 Å². The van der Waals surface area contributed by atoms with E-state index in [1.807, 2.05) is 24.3 Å². The maximum absolute atomic E-state index is 13.3. The lowest BCUT2D eigenvalue weighted by atomic mass is 10.2. The highest BCUT2D eigenvalue weighted by Crippen LogP contribution is 2.28. The first kappa shape index (κ1) is 21.5. The summed E-state index contributed by atoms with van der Waals surface area (Å²) in [6.07, 6.45) is 1.59. The molecule has 2 heterocycles. The van der Waals surface area contributed by atoms with Gasteiger partial charge in [0.25, 0.3) is 5.91 Å². The predicted octanol–water partition coefficient (Wildman–Crippen LogP) is 1.17. The number of nitrogens with zero attached hydrogens (tertiary/aromatic N) is 2. The van der Waals surface area contributed by atoms with E-state index in [1.54, 1.807) is 25.3 Å². The second kappa shape index (κ2) is 10.6. The van der Waals surface area contributed by atoms with Crippen LogP contribution in [0.5, 0.6) is 5.75 Å². The number of pyridine rings is 1. The van der Waals surface area contributed by atoms with Gasteiger partial charge in [0.05, 0.1) is 37.6 Å². The monoisotopic (exact) mass is 414 g/mol. The van der Waals surface area contributed by atoms with Crippen molar-refractivity contribution < 1.29 is 24.2 Å². The van der Waals surface area contributed by atoms with Crippen molar-refractivity contribution >= 4 is 23.3 Å². The molecule has 0 unspecified atom stereocenters. The number of hydrogen-bond acceptors (Lipinski definition) is 7. The zero-order valence-electron chi connectivity index (χ0n) is 16.8. The van der Waals surface area contributed by atoms with Crippen LogP contribution in [0.2, 0.25) is 0 Å². The molecule has 0 radical (unpaired) electrons. The van der Waals surface area contributed by atoms with Gasteiger partial charge in [-0.05, 0) is 31.2 Å². The van der Waals surface area contributed by atoms with Crippen molar-refractivity contribution in [2.24, 2.45) is 0 Å². The van der Waals surface area contributed by atoms with E-state index < -0.39 is 6.04 Å².